The third-order valence-corrected chi connectivity index (χ3v) is 6.00. The van der Waals surface area contributed by atoms with Crippen molar-refractivity contribution in [2.75, 3.05) is 32.1 Å². The molecule has 1 unspecified atom stereocenters. The lowest BCUT2D eigenvalue weighted by molar-refractivity contribution is 0.145. The van der Waals surface area contributed by atoms with E-state index in [0.29, 0.717) is 42.6 Å². The van der Waals surface area contributed by atoms with Crippen LogP contribution in [0.15, 0.2) is 71.7 Å². The molecule has 2 aliphatic heterocycles. The molecule has 0 aliphatic carbocycles. The summed E-state index contributed by atoms with van der Waals surface area (Å²) in [6.07, 6.45) is 0. The first-order valence-corrected chi connectivity index (χ1v) is 11.1. The van der Waals surface area contributed by atoms with Crippen LogP contribution >= 0.6 is 0 Å². The number of halogens is 1. The molecule has 2 aliphatic rings. The number of methoxy groups -OCH3 is 1. The molecule has 0 radical (unpaired) electrons. The Morgan fingerprint density at radius 1 is 1.09 bits per heavy atom. The van der Waals surface area contributed by atoms with Gasteiger partial charge in [0.2, 0.25) is 0 Å². The molecule has 1 saturated heterocycles. The number of nitrogens with zero attached hydrogens (tertiary/aromatic N) is 3. The second-order valence-electron chi connectivity index (χ2n) is 8.30. The Morgan fingerprint density at radius 3 is 2.74 bits per heavy atom. The first-order valence-electron chi connectivity index (χ1n) is 11.1. The van der Waals surface area contributed by atoms with E-state index >= 15 is 0 Å². The Morgan fingerprint density at radius 2 is 1.94 bits per heavy atom. The van der Waals surface area contributed by atoms with Crippen molar-refractivity contribution in [1.29, 1.82) is 0 Å². The fourth-order valence-corrected chi connectivity index (χ4v) is 4.28. The van der Waals surface area contributed by atoms with Crippen LogP contribution in [-0.4, -0.2) is 54.5 Å². The number of anilines is 1. The molecule has 1 N–H and O–H groups in total. The number of para-hydroxylation sites is 2. The number of ether oxygens (including phenoxy) is 2. The van der Waals surface area contributed by atoms with Gasteiger partial charge in [-0.2, -0.15) is 0 Å². The zero-order valence-corrected chi connectivity index (χ0v) is 19.0. The minimum Gasteiger partial charge on any atom is -0.497 e. The largest absolute Gasteiger partial charge is 0.497 e. The summed E-state index contributed by atoms with van der Waals surface area (Å²) in [6, 6.07) is 18.9. The van der Waals surface area contributed by atoms with Crippen molar-refractivity contribution in [1.82, 2.24) is 9.80 Å². The number of fused-ring (bicyclic) bond motifs is 2. The number of rotatable bonds is 2. The maximum atomic E-state index is 13.5. The highest BCUT2D eigenvalue weighted by Crippen LogP contribution is 2.39. The van der Waals surface area contributed by atoms with E-state index in [9.17, 15) is 9.18 Å². The molecule has 8 heteroatoms. The van der Waals surface area contributed by atoms with E-state index in [0.717, 1.165) is 17.1 Å². The summed E-state index contributed by atoms with van der Waals surface area (Å²) in [5, 5.41) is 2.79. The van der Waals surface area contributed by atoms with Gasteiger partial charge in [-0.05, 0) is 55.5 Å². The van der Waals surface area contributed by atoms with Crippen LogP contribution in [0.5, 0.6) is 17.2 Å². The maximum absolute atomic E-state index is 13.5. The molecule has 3 aromatic carbocycles. The molecule has 2 amide bonds. The molecule has 1 fully saturated rings. The Kier molecular flexibility index (Phi) is 5.79. The van der Waals surface area contributed by atoms with Crippen molar-refractivity contribution >= 4 is 23.2 Å². The highest BCUT2D eigenvalue weighted by Gasteiger charge is 2.32. The predicted octanol–water partition coefficient (Wildman–Crippen LogP) is 5.26. The quantitative estimate of drug-likeness (QED) is 0.567. The van der Waals surface area contributed by atoms with E-state index < -0.39 is 5.82 Å². The summed E-state index contributed by atoms with van der Waals surface area (Å²) in [5.41, 5.74) is 2.01. The molecule has 0 aromatic heterocycles. The monoisotopic (exact) mass is 460 g/mol. The number of benzene rings is 3. The Bertz CT molecular complexity index is 1260. The van der Waals surface area contributed by atoms with E-state index in [1.165, 1.54) is 12.1 Å². The zero-order valence-electron chi connectivity index (χ0n) is 19.0. The van der Waals surface area contributed by atoms with Gasteiger partial charge in [0, 0.05) is 31.4 Å². The van der Waals surface area contributed by atoms with Gasteiger partial charge in [-0.25, -0.2) is 14.2 Å². The van der Waals surface area contributed by atoms with Gasteiger partial charge in [0.05, 0.1) is 12.7 Å². The zero-order chi connectivity index (χ0) is 23.7. The van der Waals surface area contributed by atoms with Crippen LogP contribution in [0, 0.1) is 5.82 Å². The Balaban J connectivity index is 1.41. The van der Waals surface area contributed by atoms with Gasteiger partial charge < -0.3 is 24.6 Å². The van der Waals surface area contributed by atoms with Gasteiger partial charge >= 0.3 is 6.03 Å². The van der Waals surface area contributed by atoms with Crippen molar-refractivity contribution < 1.29 is 18.7 Å². The lowest BCUT2D eigenvalue weighted by atomic mass is 10.1. The number of carbonyl (C=O) groups excluding carboxylic acids is 1. The van der Waals surface area contributed by atoms with E-state index in [2.05, 4.69) is 10.2 Å². The number of hydrogen-bond acceptors (Lipinski definition) is 5. The van der Waals surface area contributed by atoms with Crippen LogP contribution in [0.4, 0.5) is 20.6 Å². The number of carbonyl (C=O) groups is 1. The second-order valence-corrected chi connectivity index (χ2v) is 8.30. The molecule has 2 heterocycles. The Hall–Kier alpha value is -4.07. The summed E-state index contributed by atoms with van der Waals surface area (Å²) in [6.45, 7) is 3.64. The molecule has 0 bridgehead atoms. The van der Waals surface area contributed by atoms with Crippen LogP contribution in [0.1, 0.15) is 12.5 Å². The van der Waals surface area contributed by atoms with E-state index in [4.69, 9.17) is 14.5 Å². The van der Waals surface area contributed by atoms with Crippen molar-refractivity contribution in [3.8, 4) is 17.2 Å². The van der Waals surface area contributed by atoms with Gasteiger partial charge in [-0.15, -0.1) is 0 Å². The first-order chi connectivity index (χ1) is 16.5. The Labute approximate surface area is 197 Å². The van der Waals surface area contributed by atoms with Crippen LogP contribution < -0.4 is 14.8 Å². The summed E-state index contributed by atoms with van der Waals surface area (Å²) >= 11 is 0. The number of urea groups is 1. The summed E-state index contributed by atoms with van der Waals surface area (Å²) in [7, 11) is 1.63. The minimum atomic E-state index is -0.390. The number of piperazine rings is 1. The molecular weight excluding hydrogens is 435 g/mol. The number of aliphatic imine (C=N–C) groups is 1. The van der Waals surface area contributed by atoms with Crippen LogP contribution in [0.2, 0.25) is 0 Å². The van der Waals surface area contributed by atoms with Crippen molar-refractivity contribution in [3.63, 3.8) is 0 Å². The fourth-order valence-electron chi connectivity index (χ4n) is 4.28. The van der Waals surface area contributed by atoms with Crippen LogP contribution in [0.3, 0.4) is 0 Å². The molecule has 0 saturated carbocycles. The highest BCUT2D eigenvalue weighted by molar-refractivity contribution is 6.04. The average Bonchev–Trinajstić information content (AvgIpc) is 3.00. The lowest BCUT2D eigenvalue weighted by Crippen LogP contribution is -2.56. The highest BCUT2D eigenvalue weighted by atomic mass is 19.1. The fraction of sp³-hybridized carbons (Fsp3) is 0.231. The van der Waals surface area contributed by atoms with Crippen LogP contribution in [0.25, 0.3) is 0 Å². The minimum absolute atomic E-state index is 0.0986. The number of amidine groups is 1. The smallest absolute Gasteiger partial charge is 0.322 e. The van der Waals surface area contributed by atoms with Gasteiger partial charge in [0.25, 0.3) is 0 Å². The third kappa shape index (κ3) is 4.26. The van der Waals surface area contributed by atoms with Gasteiger partial charge in [0.1, 0.15) is 28.8 Å². The van der Waals surface area contributed by atoms with E-state index in [1.54, 1.807) is 24.1 Å². The molecule has 7 nitrogen and oxygen atoms in total. The summed E-state index contributed by atoms with van der Waals surface area (Å²) in [5.74, 6) is 2.48. The van der Waals surface area contributed by atoms with E-state index in [-0.39, 0.29) is 12.1 Å². The lowest BCUT2D eigenvalue weighted by Gasteiger charge is -2.41. The van der Waals surface area contributed by atoms with Crippen molar-refractivity contribution in [2.24, 2.45) is 4.99 Å². The number of amides is 2. The van der Waals surface area contributed by atoms with Gasteiger partial charge in [-0.3, -0.25) is 0 Å². The maximum Gasteiger partial charge on any atom is 0.322 e. The number of nitrogens with one attached hydrogen (secondary N) is 1. The van der Waals surface area contributed by atoms with Crippen molar-refractivity contribution in [2.45, 2.75) is 13.0 Å². The van der Waals surface area contributed by atoms with Gasteiger partial charge in [0.15, 0.2) is 5.75 Å². The standard InChI is InChI=1S/C26H25FN4O3/c1-17-16-30(12-13-31(17)26(32)28-19-7-5-6-18(27)14-19)25-21-15-20(33-2)10-11-23(21)34-24-9-4-3-8-22(24)29-25/h3-11,14-15,17H,12-13,16H2,1-2H3,(H,28,32). The molecule has 174 valence electrons. The molecule has 1 atom stereocenters. The third-order valence-electron chi connectivity index (χ3n) is 6.00. The molecule has 5 rings (SSSR count). The number of hydrogen-bond donors (Lipinski definition) is 1. The predicted molar refractivity (Wildman–Crippen MR) is 129 cm³/mol. The second kappa shape index (κ2) is 9.05. The summed E-state index contributed by atoms with van der Waals surface area (Å²) in [4.78, 5) is 21.8. The molecule has 3 aromatic rings. The SMILES string of the molecule is COc1ccc2c(c1)C(N1CCN(C(=O)Nc3cccc(F)c3)C(C)C1)=Nc1ccccc1O2. The topological polar surface area (TPSA) is 66.4 Å². The summed E-state index contributed by atoms with van der Waals surface area (Å²) < 4.78 is 25.1. The first kappa shape index (κ1) is 21.8. The average molecular weight is 461 g/mol. The normalized spacial score (nSPS) is 17.0. The van der Waals surface area contributed by atoms with Crippen LogP contribution in [-0.2, 0) is 0 Å². The molecule has 34 heavy (non-hydrogen) atoms. The molecule has 0 spiro atoms. The molecular formula is C26H25FN4O3. The van der Waals surface area contributed by atoms with Crippen molar-refractivity contribution in [3.05, 3.63) is 78.1 Å². The van der Waals surface area contributed by atoms with E-state index in [1.807, 2.05) is 49.4 Å². The van der Waals surface area contributed by atoms with Gasteiger partial charge in [-0.1, -0.05) is 18.2 Å².